The fourth-order valence-corrected chi connectivity index (χ4v) is 2.50. The molecule has 5 nitrogen and oxygen atoms in total. The molecule has 0 aliphatic heterocycles. The number of carbonyl (C=O) groups is 2. The van der Waals surface area contributed by atoms with E-state index in [1.54, 1.807) is 0 Å². The number of hydrogen-bond acceptors (Lipinski definition) is 5. The van der Waals surface area contributed by atoms with Gasteiger partial charge in [0.15, 0.2) is 0 Å². The van der Waals surface area contributed by atoms with Crippen molar-refractivity contribution in [1.29, 1.82) is 0 Å². The van der Waals surface area contributed by atoms with Crippen molar-refractivity contribution in [1.82, 2.24) is 5.32 Å². The average molecular weight is 309 g/mol. The third-order valence-corrected chi connectivity index (χ3v) is 3.52. The molecule has 0 spiro atoms. The summed E-state index contributed by atoms with van der Waals surface area (Å²) in [7, 11) is 0. The Labute approximate surface area is 125 Å². The van der Waals surface area contributed by atoms with Gasteiger partial charge in [0.25, 0.3) is 0 Å². The Morgan fingerprint density at radius 1 is 1.11 bits per heavy atom. The van der Waals surface area contributed by atoms with Crippen LogP contribution in [-0.4, -0.2) is 45.7 Å². The van der Waals surface area contributed by atoms with E-state index in [-0.39, 0.29) is 0 Å². The van der Waals surface area contributed by atoms with Crippen LogP contribution in [0.4, 0.5) is 0 Å². The zero-order chi connectivity index (χ0) is 14.7. The van der Waals surface area contributed by atoms with Crippen LogP contribution >= 0.6 is 25.3 Å². The molecule has 2 atom stereocenters. The van der Waals surface area contributed by atoms with Crippen molar-refractivity contribution in [2.24, 2.45) is 0 Å². The lowest BCUT2D eigenvalue weighted by Gasteiger charge is -2.12. The van der Waals surface area contributed by atoms with Gasteiger partial charge in [-0.3, -0.25) is 9.59 Å². The fourth-order valence-electron chi connectivity index (χ4n) is 1.67. The van der Waals surface area contributed by atoms with E-state index >= 15 is 0 Å². The summed E-state index contributed by atoms with van der Waals surface area (Å²) >= 11 is 8.57. The lowest BCUT2D eigenvalue weighted by atomic mass is 10.1. The van der Waals surface area contributed by atoms with Gasteiger partial charge in [-0.15, -0.1) is 0 Å². The molecule has 0 heterocycles. The summed E-state index contributed by atoms with van der Waals surface area (Å²) in [5, 5.41) is 20.5. The Hall–Kier alpha value is -0.400. The van der Waals surface area contributed by atoms with Crippen molar-refractivity contribution >= 4 is 37.2 Å². The third-order valence-electron chi connectivity index (χ3n) is 2.74. The van der Waals surface area contributed by atoms with Crippen LogP contribution in [-0.2, 0) is 9.59 Å². The molecule has 0 aromatic rings. The lowest BCUT2D eigenvalue weighted by molar-refractivity contribution is -0.145. The molecule has 1 unspecified atom stereocenters. The summed E-state index contributed by atoms with van der Waals surface area (Å²) < 4.78 is 0. The molecule has 0 bridgehead atoms. The molecular formula is C12H23NO4S2. The van der Waals surface area contributed by atoms with Crippen molar-refractivity contribution in [3.63, 3.8) is 0 Å². The molecule has 3 N–H and O–H groups in total. The summed E-state index contributed by atoms with van der Waals surface area (Å²) in [5.41, 5.74) is 0. The van der Waals surface area contributed by atoms with Gasteiger partial charge < -0.3 is 15.5 Å². The zero-order valence-corrected chi connectivity index (χ0v) is 12.7. The molecule has 0 aromatic carbocycles. The van der Waals surface area contributed by atoms with E-state index in [0.29, 0.717) is 11.8 Å². The summed E-state index contributed by atoms with van der Waals surface area (Å²) in [6.07, 6.45) is 4.49. The minimum absolute atomic E-state index is 0.379. The van der Waals surface area contributed by atoms with Crippen LogP contribution in [0, 0.1) is 0 Å². The molecule has 0 aromatic heterocycles. The largest absolute Gasteiger partial charge is 0.481 e. The van der Waals surface area contributed by atoms with Gasteiger partial charge in [0.2, 0.25) is 0 Å². The highest BCUT2D eigenvalue weighted by molar-refractivity contribution is 7.81. The third kappa shape index (κ3) is 11.1. The summed E-state index contributed by atoms with van der Waals surface area (Å²) in [4.78, 5) is 21.2. The van der Waals surface area contributed by atoms with Crippen molar-refractivity contribution in [2.45, 2.75) is 49.8 Å². The quantitative estimate of drug-likeness (QED) is 0.280. The normalized spacial score (nSPS) is 14.0. The van der Waals surface area contributed by atoms with Gasteiger partial charge in [0.1, 0.15) is 6.04 Å². The molecule has 0 rings (SSSR count). The maximum absolute atomic E-state index is 10.8. The Bertz CT molecular complexity index is 276. The number of nitrogens with one attached hydrogen (secondary N) is 1. The molecule has 0 aliphatic rings. The van der Waals surface area contributed by atoms with E-state index in [9.17, 15) is 9.59 Å². The van der Waals surface area contributed by atoms with Gasteiger partial charge >= 0.3 is 11.9 Å². The average Bonchev–Trinajstić information content (AvgIpc) is 2.31. The molecule has 7 heteroatoms. The number of hydrogen-bond donors (Lipinski definition) is 5. The zero-order valence-electron chi connectivity index (χ0n) is 10.9. The lowest BCUT2D eigenvalue weighted by Crippen LogP contribution is -2.39. The number of carboxylic acids is 2. The highest BCUT2D eigenvalue weighted by Crippen LogP contribution is 2.12. The molecule has 0 aliphatic carbocycles. The van der Waals surface area contributed by atoms with E-state index in [2.05, 4.69) is 30.6 Å². The first kappa shape index (κ1) is 18.6. The first-order chi connectivity index (χ1) is 8.97. The van der Waals surface area contributed by atoms with Crippen molar-refractivity contribution in [3.8, 4) is 0 Å². The highest BCUT2D eigenvalue weighted by atomic mass is 32.1. The topological polar surface area (TPSA) is 86.6 Å². The van der Waals surface area contributed by atoms with Gasteiger partial charge in [-0.1, -0.05) is 12.8 Å². The van der Waals surface area contributed by atoms with Crippen LogP contribution in [0.5, 0.6) is 0 Å². The first-order valence-corrected chi connectivity index (χ1v) is 7.59. The van der Waals surface area contributed by atoms with Crippen molar-refractivity contribution < 1.29 is 19.8 Å². The van der Waals surface area contributed by atoms with Crippen LogP contribution in [0.25, 0.3) is 0 Å². The smallest absolute Gasteiger partial charge is 0.321 e. The molecular weight excluding hydrogens is 286 g/mol. The number of rotatable bonds is 12. The first-order valence-electron chi connectivity index (χ1n) is 6.44. The van der Waals surface area contributed by atoms with Crippen LogP contribution in [0.3, 0.4) is 0 Å². The Morgan fingerprint density at radius 3 is 2.32 bits per heavy atom. The summed E-state index contributed by atoms with van der Waals surface area (Å²) in [6, 6.07) is -1.00. The minimum Gasteiger partial charge on any atom is -0.481 e. The second-order valence-electron chi connectivity index (χ2n) is 4.46. The molecule has 19 heavy (non-hydrogen) atoms. The van der Waals surface area contributed by atoms with E-state index in [1.165, 1.54) is 0 Å². The van der Waals surface area contributed by atoms with Gasteiger partial charge in [0.05, 0.1) is 6.42 Å². The number of unbranched alkanes of at least 4 members (excludes halogenated alkanes) is 2. The van der Waals surface area contributed by atoms with Crippen LogP contribution < -0.4 is 5.32 Å². The number of thiol groups is 2. The van der Waals surface area contributed by atoms with Crippen molar-refractivity contribution in [3.05, 3.63) is 0 Å². The standard InChI is InChI=1S/C12H23NO4S2/c14-11(15)8-10(12(16)17)13-6-3-1-2-4-9(19)5-7-18/h9-10,13,18-19H,1-8H2,(H,14,15)(H,16,17)/t9?,10-/m0/s1. The molecule has 112 valence electrons. The Kier molecular flexibility index (Phi) is 11.2. The predicted octanol–water partition coefficient (Wildman–Crippen LogP) is 1.68. The molecule has 0 saturated heterocycles. The predicted molar refractivity (Wildman–Crippen MR) is 81.4 cm³/mol. The minimum atomic E-state index is -1.12. The summed E-state index contributed by atoms with van der Waals surface area (Å²) in [5.74, 6) is -1.39. The number of aliphatic carboxylic acids is 2. The highest BCUT2D eigenvalue weighted by Gasteiger charge is 2.19. The van der Waals surface area contributed by atoms with Gasteiger partial charge in [0, 0.05) is 5.25 Å². The van der Waals surface area contributed by atoms with Crippen LogP contribution in [0.15, 0.2) is 0 Å². The van der Waals surface area contributed by atoms with E-state index in [1.807, 2.05) is 0 Å². The second-order valence-corrected chi connectivity index (χ2v) is 5.64. The van der Waals surface area contributed by atoms with Gasteiger partial charge in [-0.05, 0) is 31.6 Å². The van der Waals surface area contributed by atoms with Crippen LogP contribution in [0.1, 0.15) is 38.5 Å². The second kappa shape index (κ2) is 11.4. The molecule has 0 saturated carbocycles. The maximum atomic E-state index is 10.8. The van der Waals surface area contributed by atoms with E-state index in [0.717, 1.165) is 37.9 Å². The van der Waals surface area contributed by atoms with E-state index in [4.69, 9.17) is 10.2 Å². The SMILES string of the molecule is O=C(O)C[C@H](NCCCCCC(S)CCS)C(=O)O. The fraction of sp³-hybridized carbons (Fsp3) is 0.833. The Balaban J connectivity index is 3.60. The molecule has 0 radical (unpaired) electrons. The molecule has 0 fully saturated rings. The van der Waals surface area contributed by atoms with E-state index < -0.39 is 24.4 Å². The molecule has 0 amide bonds. The van der Waals surface area contributed by atoms with Gasteiger partial charge in [-0.2, -0.15) is 25.3 Å². The summed E-state index contributed by atoms with van der Waals surface area (Å²) in [6.45, 7) is 0.522. The maximum Gasteiger partial charge on any atom is 0.321 e. The van der Waals surface area contributed by atoms with Crippen molar-refractivity contribution in [2.75, 3.05) is 12.3 Å². The van der Waals surface area contributed by atoms with Gasteiger partial charge in [-0.25, -0.2) is 0 Å². The number of carboxylic acid groups (broad SMARTS) is 2. The van der Waals surface area contributed by atoms with Crippen LogP contribution in [0.2, 0.25) is 0 Å². The Morgan fingerprint density at radius 2 is 1.79 bits per heavy atom. The monoisotopic (exact) mass is 309 g/mol.